The molecule has 0 saturated carbocycles. The molecule has 2 aromatic heterocycles. The Hall–Kier alpha value is -2.31. The van der Waals surface area contributed by atoms with E-state index in [1.807, 2.05) is 22.9 Å². The van der Waals surface area contributed by atoms with Gasteiger partial charge in [0.2, 0.25) is 5.78 Å². The average Bonchev–Trinajstić information content (AvgIpc) is 3.11. The summed E-state index contributed by atoms with van der Waals surface area (Å²) in [6.45, 7) is 1.21. The Bertz CT molecular complexity index is 784. The molecule has 1 aliphatic heterocycles. The van der Waals surface area contributed by atoms with Crippen LogP contribution >= 0.6 is 0 Å². The fourth-order valence-electron chi connectivity index (χ4n) is 3.25. The molecule has 0 radical (unpaired) electrons. The molecule has 1 aliphatic rings. The Morgan fingerprint density at radius 1 is 1.26 bits per heavy atom. The van der Waals surface area contributed by atoms with Crippen molar-refractivity contribution in [2.45, 2.75) is 25.1 Å². The second-order valence-electron chi connectivity index (χ2n) is 5.95. The summed E-state index contributed by atoms with van der Waals surface area (Å²) in [5, 5.41) is 10.1. The third-order valence-electron chi connectivity index (χ3n) is 4.29. The number of aromatic nitrogens is 3. The number of hydrogen-bond acceptors (Lipinski definition) is 4. The Kier molecular flexibility index (Phi) is 3.55. The van der Waals surface area contributed by atoms with Crippen LogP contribution in [0.3, 0.4) is 0 Å². The van der Waals surface area contributed by atoms with Gasteiger partial charge in [-0.05, 0) is 30.2 Å². The van der Waals surface area contributed by atoms with Gasteiger partial charge in [0.15, 0.2) is 0 Å². The van der Waals surface area contributed by atoms with E-state index in [-0.39, 0.29) is 18.0 Å². The number of hydrogen-bond donors (Lipinski definition) is 1. The molecule has 1 fully saturated rings. The summed E-state index contributed by atoms with van der Waals surface area (Å²) in [6, 6.07) is 8.44. The zero-order valence-electron chi connectivity index (χ0n) is 12.5. The first kappa shape index (κ1) is 14.3. The maximum atomic E-state index is 13.1. The van der Waals surface area contributed by atoms with Crippen molar-refractivity contribution in [2.24, 2.45) is 0 Å². The van der Waals surface area contributed by atoms with Crippen LogP contribution in [-0.2, 0) is 6.54 Å². The zero-order valence-corrected chi connectivity index (χ0v) is 12.5. The quantitative estimate of drug-likeness (QED) is 0.805. The van der Waals surface area contributed by atoms with Crippen molar-refractivity contribution in [1.82, 2.24) is 19.3 Å². The Labute approximate surface area is 133 Å². The van der Waals surface area contributed by atoms with Crippen LogP contribution in [0.1, 0.15) is 23.7 Å². The first-order valence-corrected chi connectivity index (χ1v) is 7.65. The van der Waals surface area contributed by atoms with Crippen LogP contribution < -0.4 is 0 Å². The lowest BCUT2D eigenvalue weighted by Gasteiger charge is -2.23. The van der Waals surface area contributed by atoms with Crippen molar-refractivity contribution >= 4 is 5.78 Å². The lowest BCUT2D eigenvalue weighted by atomic mass is 10.0. The van der Waals surface area contributed by atoms with Gasteiger partial charge in [0, 0.05) is 37.7 Å². The van der Waals surface area contributed by atoms with Crippen molar-refractivity contribution < 1.29 is 9.50 Å². The fourth-order valence-corrected chi connectivity index (χ4v) is 3.25. The molecule has 2 atom stereocenters. The molecule has 0 spiro atoms. The highest BCUT2D eigenvalue weighted by Crippen LogP contribution is 2.33. The molecular formula is C17H17FN4O. The van der Waals surface area contributed by atoms with Gasteiger partial charge in [-0.15, -0.1) is 0 Å². The molecular weight excluding hydrogens is 295 g/mol. The van der Waals surface area contributed by atoms with Gasteiger partial charge in [0.1, 0.15) is 5.82 Å². The van der Waals surface area contributed by atoms with Gasteiger partial charge in [0.05, 0.1) is 11.8 Å². The van der Waals surface area contributed by atoms with Crippen LogP contribution in [0, 0.1) is 5.82 Å². The number of aliphatic hydroxyl groups excluding tert-OH is 1. The molecule has 0 unspecified atom stereocenters. The normalized spacial score (nSPS) is 22.0. The number of nitrogens with zero attached hydrogens (tertiary/aromatic N) is 4. The van der Waals surface area contributed by atoms with Gasteiger partial charge in [-0.3, -0.25) is 9.30 Å². The minimum Gasteiger partial charge on any atom is -0.392 e. The number of β-amino-alcohol motifs (C(OH)–C–C–N with tert-alkyl or cyclic N) is 1. The SMILES string of the molecule is O[C@@H]1C[C@H](c2ccc(F)cc2)N(Cc2cn3cccnc3n2)C1. The lowest BCUT2D eigenvalue weighted by Crippen LogP contribution is -2.24. The Morgan fingerprint density at radius 2 is 2.09 bits per heavy atom. The summed E-state index contributed by atoms with van der Waals surface area (Å²) >= 11 is 0. The third-order valence-corrected chi connectivity index (χ3v) is 4.29. The van der Waals surface area contributed by atoms with Crippen LogP contribution in [0.2, 0.25) is 0 Å². The molecule has 1 aromatic carbocycles. The molecule has 6 heteroatoms. The summed E-state index contributed by atoms with van der Waals surface area (Å²) in [6.07, 6.45) is 5.86. The van der Waals surface area contributed by atoms with E-state index in [1.54, 1.807) is 18.3 Å². The van der Waals surface area contributed by atoms with E-state index >= 15 is 0 Å². The lowest BCUT2D eigenvalue weighted by molar-refractivity contribution is 0.172. The van der Waals surface area contributed by atoms with E-state index in [0.29, 0.717) is 25.3 Å². The molecule has 118 valence electrons. The van der Waals surface area contributed by atoms with Crippen molar-refractivity contribution in [3.05, 3.63) is 66.0 Å². The topological polar surface area (TPSA) is 53.7 Å². The van der Waals surface area contributed by atoms with E-state index in [1.165, 1.54) is 12.1 Å². The number of rotatable bonds is 3. The van der Waals surface area contributed by atoms with Gasteiger partial charge >= 0.3 is 0 Å². The summed E-state index contributed by atoms with van der Waals surface area (Å²) in [5.41, 5.74) is 1.93. The highest BCUT2D eigenvalue weighted by molar-refractivity contribution is 5.30. The van der Waals surface area contributed by atoms with Crippen LogP contribution in [-0.4, -0.2) is 37.0 Å². The fraction of sp³-hybridized carbons (Fsp3) is 0.294. The van der Waals surface area contributed by atoms with Crippen LogP contribution in [0.15, 0.2) is 48.9 Å². The Balaban J connectivity index is 1.59. The second kappa shape index (κ2) is 5.72. The maximum absolute atomic E-state index is 13.1. The van der Waals surface area contributed by atoms with Crippen LogP contribution in [0.5, 0.6) is 0 Å². The third kappa shape index (κ3) is 2.83. The van der Waals surface area contributed by atoms with Crippen molar-refractivity contribution in [3.63, 3.8) is 0 Å². The molecule has 0 bridgehead atoms. The van der Waals surface area contributed by atoms with Gasteiger partial charge in [-0.1, -0.05) is 12.1 Å². The van der Waals surface area contributed by atoms with E-state index in [2.05, 4.69) is 14.9 Å². The number of benzene rings is 1. The largest absolute Gasteiger partial charge is 0.392 e. The minimum absolute atomic E-state index is 0.0726. The minimum atomic E-state index is -0.375. The maximum Gasteiger partial charge on any atom is 0.233 e. The summed E-state index contributed by atoms with van der Waals surface area (Å²) < 4.78 is 15.0. The zero-order chi connectivity index (χ0) is 15.8. The molecule has 0 amide bonds. The number of aliphatic hydroxyl groups is 1. The van der Waals surface area contributed by atoms with Gasteiger partial charge in [-0.25, -0.2) is 14.4 Å². The summed E-state index contributed by atoms with van der Waals surface area (Å²) in [4.78, 5) is 10.9. The summed E-state index contributed by atoms with van der Waals surface area (Å²) in [5.74, 6) is 0.422. The first-order chi connectivity index (χ1) is 11.2. The standard InChI is InChI=1S/C17H17FN4O/c18-13-4-2-12(3-5-13)16-8-15(23)11-22(16)10-14-9-21-7-1-6-19-17(21)20-14/h1-7,9,15-16,23H,8,10-11H2/t15-,16-/m1/s1. The van der Waals surface area contributed by atoms with E-state index in [0.717, 1.165) is 11.3 Å². The highest BCUT2D eigenvalue weighted by atomic mass is 19.1. The number of halogens is 1. The van der Waals surface area contributed by atoms with E-state index in [4.69, 9.17) is 0 Å². The second-order valence-corrected chi connectivity index (χ2v) is 5.95. The Morgan fingerprint density at radius 3 is 2.87 bits per heavy atom. The number of fused-ring (bicyclic) bond motifs is 1. The highest BCUT2D eigenvalue weighted by Gasteiger charge is 2.32. The molecule has 1 N–H and O–H groups in total. The predicted molar refractivity (Wildman–Crippen MR) is 83.2 cm³/mol. The molecule has 1 saturated heterocycles. The van der Waals surface area contributed by atoms with Crippen LogP contribution in [0.4, 0.5) is 4.39 Å². The van der Waals surface area contributed by atoms with E-state index < -0.39 is 0 Å². The average molecular weight is 312 g/mol. The van der Waals surface area contributed by atoms with E-state index in [9.17, 15) is 9.50 Å². The molecule has 0 aliphatic carbocycles. The first-order valence-electron chi connectivity index (χ1n) is 7.65. The van der Waals surface area contributed by atoms with Gasteiger partial charge in [-0.2, -0.15) is 0 Å². The van der Waals surface area contributed by atoms with Crippen LogP contribution in [0.25, 0.3) is 5.78 Å². The van der Waals surface area contributed by atoms with Gasteiger partial charge in [0.25, 0.3) is 0 Å². The van der Waals surface area contributed by atoms with Gasteiger partial charge < -0.3 is 5.11 Å². The molecule has 3 heterocycles. The molecule has 4 rings (SSSR count). The van der Waals surface area contributed by atoms with Crippen molar-refractivity contribution in [3.8, 4) is 0 Å². The van der Waals surface area contributed by atoms with Crippen molar-refractivity contribution in [2.75, 3.05) is 6.54 Å². The monoisotopic (exact) mass is 312 g/mol. The smallest absolute Gasteiger partial charge is 0.233 e. The number of likely N-dealkylation sites (tertiary alicyclic amines) is 1. The predicted octanol–water partition coefficient (Wildman–Crippen LogP) is 2.18. The molecule has 23 heavy (non-hydrogen) atoms. The van der Waals surface area contributed by atoms with Crippen molar-refractivity contribution in [1.29, 1.82) is 0 Å². The molecule has 5 nitrogen and oxygen atoms in total. The molecule has 3 aromatic rings. The summed E-state index contributed by atoms with van der Waals surface area (Å²) in [7, 11) is 0. The number of imidazole rings is 1.